The molecule has 0 bridgehead atoms. The average molecular weight is 260 g/mol. The van der Waals surface area contributed by atoms with E-state index < -0.39 is 0 Å². The molecule has 19 heavy (non-hydrogen) atoms. The van der Waals surface area contributed by atoms with E-state index in [4.69, 9.17) is 10.8 Å². The van der Waals surface area contributed by atoms with E-state index in [1.54, 1.807) is 17.0 Å². The van der Waals surface area contributed by atoms with Crippen molar-refractivity contribution in [3.63, 3.8) is 0 Å². The highest BCUT2D eigenvalue weighted by atomic mass is 16.3. The van der Waals surface area contributed by atoms with Gasteiger partial charge in [0.1, 0.15) is 0 Å². The van der Waals surface area contributed by atoms with Gasteiger partial charge in [0.15, 0.2) is 0 Å². The highest BCUT2D eigenvalue weighted by Crippen LogP contribution is 2.11. The Kier molecular flexibility index (Phi) is 6.65. The molecule has 0 heterocycles. The number of aliphatic hydroxyl groups is 1. The van der Waals surface area contributed by atoms with E-state index in [-0.39, 0.29) is 19.1 Å². The monoisotopic (exact) mass is 260 g/mol. The summed E-state index contributed by atoms with van der Waals surface area (Å²) in [4.78, 5) is 14.1. The molecule has 0 aliphatic rings. The van der Waals surface area contributed by atoms with Gasteiger partial charge in [0, 0.05) is 18.7 Å². The minimum absolute atomic E-state index is 0.0393. The molecule has 4 heteroatoms. The van der Waals surface area contributed by atoms with Crippen LogP contribution in [-0.2, 0) is 0 Å². The Morgan fingerprint density at radius 3 is 2.74 bits per heavy atom. The summed E-state index contributed by atoms with van der Waals surface area (Å²) in [5.41, 5.74) is 6.59. The minimum atomic E-state index is -0.0992. The van der Waals surface area contributed by atoms with Gasteiger partial charge in [-0.1, -0.05) is 30.9 Å². The van der Waals surface area contributed by atoms with Crippen LogP contribution in [0.3, 0.4) is 0 Å². The van der Waals surface area contributed by atoms with Crippen molar-refractivity contribution in [1.29, 1.82) is 0 Å². The van der Waals surface area contributed by atoms with Gasteiger partial charge in [0.05, 0.1) is 18.7 Å². The molecule has 0 saturated heterocycles. The first-order valence-corrected chi connectivity index (χ1v) is 6.42. The third kappa shape index (κ3) is 4.40. The third-order valence-corrected chi connectivity index (χ3v) is 2.63. The Hall–Kier alpha value is -1.83. The van der Waals surface area contributed by atoms with Crippen LogP contribution in [0.2, 0.25) is 0 Å². The fraction of sp³-hybridized carbons (Fsp3) is 0.400. The molecule has 0 aliphatic heterocycles. The summed E-state index contributed by atoms with van der Waals surface area (Å²) in [7, 11) is 0. The van der Waals surface area contributed by atoms with Gasteiger partial charge in [-0.2, -0.15) is 0 Å². The number of carbonyl (C=O) groups is 1. The number of nitrogens with zero attached hydrogens (tertiary/aromatic N) is 1. The van der Waals surface area contributed by atoms with Gasteiger partial charge in [-0.3, -0.25) is 4.79 Å². The summed E-state index contributed by atoms with van der Waals surface area (Å²) in [6, 6.07) is 7.21. The summed E-state index contributed by atoms with van der Waals surface area (Å²) in [5, 5.41) is 9.03. The number of aliphatic hydroxyl groups excluding tert-OH is 1. The van der Waals surface area contributed by atoms with Gasteiger partial charge in [-0.15, -0.1) is 0 Å². The summed E-state index contributed by atoms with van der Waals surface area (Å²) < 4.78 is 0. The maximum atomic E-state index is 12.4. The molecule has 0 spiro atoms. The molecule has 1 aromatic rings. The van der Waals surface area contributed by atoms with Crippen LogP contribution < -0.4 is 5.73 Å². The first-order valence-electron chi connectivity index (χ1n) is 6.42. The van der Waals surface area contributed by atoms with Crippen molar-refractivity contribution < 1.29 is 9.90 Å². The molecule has 0 saturated carbocycles. The molecule has 3 N–H and O–H groups in total. The second-order valence-corrected chi connectivity index (χ2v) is 4.07. The Morgan fingerprint density at radius 1 is 1.37 bits per heavy atom. The van der Waals surface area contributed by atoms with E-state index in [1.165, 1.54) is 0 Å². The zero-order chi connectivity index (χ0) is 14.1. The first kappa shape index (κ1) is 15.2. The fourth-order valence-corrected chi connectivity index (χ4v) is 1.80. The number of benzene rings is 1. The molecule has 0 radical (unpaired) electrons. The molecule has 4 nitrogen and oxygen atoms in total. The molecule has 0 aromatic heterocycles. The van der Waals surface area contributed by atoms with Gasteiger partial charge in [0.25, 0.3) is 5.91 Å². The van der Waals surface area contributed by atoms with Crippen LogP contribution >= 0.6 is 0 Å². The summed E-state index contributed by atoms with van der Waals surface area (Å²) in [6.07, 6.45) is 0.850. The van der Waals surface area contributed by atoms with Crippen LogP contribution in [0.1, 0.15) is 29.3 Å². The van der Waals surface area contributed by atoms with E-state index in [0.29, 0.717) is 24.2 Å². The van der Waals surface area contributed by atoms with Gasteiger partial charge in [0.2, 0.25) is 0 Å². The molecule has 0 aliphatic carbocycles. The molecule has 0 atom stereocenters. The molecule has 0 fully saturated rings. The first-order chi connectivity index (χ1) is 9.24. The summed E-state index contributed by atoms with van der Waals surface area (Å²) in [5.74, 6) is 5.57. The number of nitrogens with two attached hydrogens (primary N) is 1. The van der Waals surface area contributed by atoms with Crippen LogP contribution in [0.25, 0.3) is 0 Å². The van der Waals surface area contributed by atoms with Crippen molar-refractivity contribution >= 4 is 5.91 Å². The number of rotatable bonds is 5. The summed E-state index contributed by atoms with van der Waals surface area (Å²) in [6.45, 7) is 3.18. The van der Waals surface area contributed by atoms with Crippen molar-refractivity contribution in [3.05, 3.63) is 35.4 Å². The Labute approximate surface area is 114 Å². The largest absolute Gasteiger partial charge is 0.395 e. The lowest BCUT2D eigenvalue weighted by Gasteiger charge is -2.21. The third-order valence-electron chi connectivity index (χ3n) is 2.63. The van der Waals surface area contributed by atoms with Crippen LogP contribution in [0.15, 0.2) is 24.3 Å². The quantitative estimate of drug-likeness (QED) is 0.771. The molecule has 102 valence electrons. The molecule has 1 aromatic carbocycles. The Bertz CT molecular complexity index is 469. The Morgan fingerprint density at radius 2 is 2.11 bits per heavy atom. The van der Waals surface area contributed by atoms with E-state index in [9.17, 15) is 4.79 Å². The van der Waals surface area contributed by atoms with Gasteiger partial charge >= 0.3 is 0 Å². The number of amides is 1. The summed E-state index contributed by atoms with van der Waals surface area (Å²) >= 11 is 0. The minimum Gasteiger partial charge on any atom is -0.395 e. The highest BCUT2D eigenvalue weighted by molar-refractivity contribution is 5.96. The van der Waals surface area contributed by atoms with Gasteiger partial charge < -0.3 is 15.7 Å². The van der Waals surface area contributed by atoms with Crippen LogP contribution in [0, 0.1) is 11.8 Å². The standard InChI is InChI=1S/C15H20N2O2/c1-2-10-17(11-12-18)15(19)14-8-4-3-6-13(14)7-5-9-16/h3-4,6,8,18H,2,9-12,16H2,1H3. The molecular weight excluding hydrogens is 240 g/mol. The van der Waals surface area contributed by atoms with Crippen molar-refractivity contribution in [3.8, 4) is 11.8 Å². The van der Waals surface area contributed by atoms with Crippen molar-refractivity contribution in [1.82, 2.24) is 4.90 Å². The zero-order valence-corrected chi connectivity index (χ0v) is 11.2. The van der Waals surface area contributed by atoms with Crippen LogP contribution in [-0.4, -0.2) is 42.2 Å². The van der Waals surface area contributed by atoms with Crippen molar-refractivity contribution in [2.75, 3.05) is 26.2 Å². The second kappa shape index (κ2) is 8.30. The average Bonchev–Trinajstić information content (AvgIpc) is 2.44. The number of carbonyl (C=O) groups excluding carboxylic acids is 1. The smallest absolute Gasteiger partial charge is 0.255 e. The van der Waals surface area contributed by atoms with Crippen molar-refractivity contribution in [2.45, 2.75) is 13.3 Å². The topological polar surface area (TPSA) is 66.6 Å². The van der Waals surface area contributed by atoms with Crippen LogP contribution in [0.5, 0.6) is 0 Å². The fourth-order valence-electron chi connectivity index (χ4n) is 1.80. The normalized spacial score (nSPS) is 9.63. The predicted octanol–water partition coefficient (Wildman–Crippen LogP) is 0.841. The highest BCUT2D eigenvalue weighted by Gasteiger charge is 2.16. The molecule has 1 amide bonds. The maximum absolute atomic E-state index is 12.4. The zero-order valence-electron chi connectivity index (χ0n) is 11.2. The molecule has 0 unspecified atom stereocenters. The molecular formula is C15H20N2O2. The lowest BCUT2D eigenvalue weighted by Crippen LogP contribution is -2.34. The maximum Gasteiger partial charge on any atom is 0.255 e. The van der Waals surface area contributed by atoms with E-state index in [2.05, 4.69) is 11.8 Å². The van der Waals surface area contributed by atoms with Crippen LogP contribution in [0.4, 0.5) is 0 Å². The predicted molar refractivity (Wildman–Crippen MR) is 75.7 cm³/mol. The second-order valence-electron chi connectivity index (χ2n) is 4.07. The van der Waals surface area contributed by atoms with E-state index in [0.717, 1.165) is 6.42 Å². The van der Waals surface area contributed by atoms with E-state index >= 15 is 0 Å². The van der Waals surface area contributed by atoms with Gasteiger partial charge in [-0.05, 0) is 18.6 Å². The SMILES string of the molecule is CCCN(CCO)C(=O)c1ccccc1C#CCN. The number of hydrogen-bond acceptors (Lipinski definition) is 3. The van der Waals surface area contributed by atoms with Gasteiger partial charge in [-0.25, -0.2) is 0 Å². The lowest BCUT2D eigenvalue weighted by molar-refractivity contribution is 0.0721. The van der Waals surface area contributed by atoms with E-state index in [1.807, 2.05) is 19.1 Å². The Balaban J connectivity index is 3.03. The lowest BCUT2D eigenvalue weighted by atomic mass is 10.1. The van der Waals surface area contributed by atoms with Crippen molar-refractivity contribution in [2.24, 2.45) is 5.73 Å². The number of hydrogen-bond donors (Lipinski definition) is 2. The molecule has 1 rings (SSSR count).